The van der Waals surface area contributed by atoms with Crippen LogP contribution in [-0.2, 0) is 4.79 Å². The zero-order chi connectivity index (χ0) is 20.3. The first-order valence-electron chi connectivity index (χ1n) is 10.3. The molecule has 1 N–H and O–H groups in total. The first-order valence-corrected chi connectivity index (χ1v) is 10.3. The second-order valence-electron chi connectivity index (χ2n) is 8.16. The van der Waals surface area contributed by atoms with Gasteiger partial charge in [-0.25, -0.2) is 4.98 Å². The van der Waals surface area contributed by atoms with E-state index >= 15 is 0 Å². The van der Waals surface area contributed by atoms with Crippen molar-refractivity contribution in [1.29, 1.82) is 0 Å². The standard InChI is InChI=1S/C23H28N4O2/c1-18-22(25-13-12-24-18)27-15-10-20(28)23(17-27)11-5-14-26(16-23)21(29)9-8-19-6-3-2-4-7-19/h2-4,6-9,12-13,20,28H,5,10-11,14-17H2,1H3/b9-8+/t20-,23+/m1/s1. The average Bonchev–Trinajstić information content (AvgIpc) is 2.75. The molecular formula is C23H28N4O2. The van der Waals surface area contributed by atoms with Crippen molar-refractivity contribution >= 4 is 17.8 Å². The molecule has 0 unspecified atom stereocenters. The Morgan fingerprint density at radius 3 is 2.76 bits per heavy atom. The van der Waals surface area contributed by atoms with Gasteiger partial charge in [0, 0.05) is 50.1 Å². The van der Waals surface area contributed by atoms with Gasteiger partial charge in [0.15, 0.2) is 0 Å². The molecule has 0 saturated carbocycles. The van der Waals surface area contributed by atoms with Crippen molar-refractivity contribution in [2.75, 3.05) is 31.1 Å². The molecule has 2 aromatic rings. The summed E-state index contributed by atoms with van der Waals surface area (Å²) >= 11 is 0. The summed E-state index contributed by atoms with van der Waals surface area (Å²) in [5.74, 6) is 0.888. The van der Waals surface area contributed by atoms with Gasteiger partial charge in [-0.2, -0.15) is 0 Å². The van der Waals surface area contributed by atoms with Crippen LogP contribution in [0.2, 0.25) is 0 Å². The van der Waals surface area contributed by atoms with Crippen LogP contribution in [0, 0.1) is 12.3 Å². The third-order valence-electron chi connectivity index (χ3n) is 6.18. The monoisotopic (exact) mass is 392 g/mol. The minimum atomic E-state index is -0.413. The van der Waals surface area contributed by atoms with Gasteiger partial charge >= 0.3 is 0 Å². The number of hydrogen-bond donors (Lipinski definition) is 1. The van der Waals surface area contributed by atoms with Crippen LogP contribution in [0.3, 0.4) is 0 Å². The topological polar surface area (TPSA) is 69.6 Å². The highest BCUT2D eigenvalue weighted by Gasteiger charge is 2.46. The van der Waals surface area contributed by atoms with Crippen molar-refractivity contribution in [2.45, 2.75) is 32.3 Å². The third kappa shape index (κ3) is 4.17. The molecular weight excluding hydrogens is 364 g/mol. The van der Waals surface area contributed by atoms with E-state index in [1.807, 2.05) is 48.2 Å². The van der Waals surface area contributed by atoms with E-state index < -0.39 is 6.10 Å². The zero-order valence-corrected chi connectivity index (χ0v) is 16.9. The summed E-state index contributed by atoms with van der Waals surface area (Å²) in [5, 5.41) is 10.9. The molecule has 6 nitrogen and oxygen atoms in total. The van der Waals surface area contributed by atoms with E-state index in [0.29, 0.717) is 19.5 Å². The van der Waals surface area contributed by atoms with Crippen LogP contribution >= 0.6 is 0 Å². The zero-order valence-electron chi connectivity index (χ0n) is 16.9. The van der Waals surface area contributed by atoms with E-state index in [1.165, 1.54) is 0 Å². The fourth-order valence-corrected chi connectivity index (χ4v) is 4.63. The molecule has 0 radical (unpaired) electrons. The van der Waals surface area contributed by atoms with E-state index in [2.05, 4.69) is 14.9 Å². The lowest BCUT2D eigenvalue weighted by Gasteiger charge is -2.51. The van der Waals surface area contributed by atoms with Gasteiger partial charge in [0.2, 0.25) is 5.91 Å². The number of amides is 1. The molecule has 1 aromatic carbocycles. The number of carbonyl (C=O) groups excluding carboxylic acids is 1. The molecule has 152 valence electrons. The number of likely N-dealkylation sites (tertiary alicyclic amines) is 1. The van der Waals surface area contributed by atoms with E-state index in [4.69, 9.17) is 0 Å². The van der Waals surface area contributed by atoms with Gasteiger partial charge in [-0.15, -0.1) is 0 Å². The maximum Gasteiger partial charge on any atom is 0.246 e. The molecule has 0 bridgehead atoms. The van der Waals surface area contributed by atoms with Crippen molar-refractivity contribution < 1.29 is 9.90 Å². The highest BCUT2D eigenvalue weighted by Crippen LogP contribution is 2.40. The fourth-order valence-electron chi connectivity index (χ4n) is 4.63. The van der Waals surface area contributed by atoms with Gasteiger partial charge in [-0.3, -0.25) is 9.78 Å². The summed E-state index contributed by atoms with van der Waals surface area (Å²) in [6.07, 6.45) is 9.00. The highest BCUT2D eigenvalue weighted by molar-refractivity contribution is 5.91. The van der Waals surface area contributed by atoms with Crippen molar-refractivity contribution in [2.24, 2.45) is 5.41 Å². The van der Waals surface area contributed by atoms with Crippen molar-refractivity contribution in [3.63, 3.8) is 0 Å². The number of aryl methyl sites for hydroxylation is 1. The lowest BCUT2D eigenvalue weighted by Crippen LogP contribution is -2.60. The lowest BCUT2D eigenvalue weighted by atomic mass is 9.71. The largest absolute Gasteiger partial charge is 0.392 e. The maximum atomic E-state index is 12.8. The summed E-state index contributed by atoms with van der Waals surface area (Å²) in [5.41, 5.74) is 1.58. The predicted octanol–water partition coefficient (Wildman–Crippen LogP) is 2.68. The Morgan fingerprint density at radius 1 is 1.17 bits per heavy atom. The molecule has 2 saturated heterocycles. The Kier molecular flexibility index (Phi) is 5.62. The average molecular weight is 393 g/mol. The molecule has 1 aromatic heterocycles. The van der Waals surface area contributed by atoms with Crippen LogP contribution in [0.15, 0.2) is 48.8 Å². The van der Waals surface area contributed by atoms with Crippen molar-refractivity contribution in [3.05, 3.63) is 60.1 Å². The maximum absolute atomic E-state index is 12.8. The van der Waals surface area contributed by atoms with Crippen molar-refractivity contribution in [3.8, 4) is 0 Å². The summed E-state index contributed by atoms with van der Waals surface area (Å²) in [4.78, 5) is 25.8. The molecule has 3 heterocycles. The van der Waals surface area contributed by atoms with Gasteiger partial charge in [-0.1, -0.05) is 30.3 Å². The number of aromatic nitrogens is 2. The van der Waals surface area contributed by atoms with Crippen LogP contribution in [-0.4, -0.2) is 58.2 Å². The van der Waals surface area contributed by atoms with E-state index in [-0.39, 0.29) is 11.3 Å². The Balaban J connectivity index is 1.50. The molecule has 2 aliphatic rings. The second kappa shape index (κ2) is 8.33. The molecule has 2 aliphatic heterocycles. The predicted molar refractivity (Wildman–Crippen MR) is 113 cm³/mol. The third-order valence-corrected chi connectivity index (χ3v) is 6.18. The minimum absolute atomic E-state index is 0.00735. The SMILES string of the molecule is Cc1nccnc1N1CC[C@@H](O)[C@]2(CCCN(C(=O)/C=C/c3ccccc3)C2)C1. The van der Waals surface area contributed by atoms with Crippen LogP contribution in [0.5, 0.6) is 0 Å². The molecule has 0 aliphatic carbocycles. The smallest absolute Gasteiger partial charge is 0.246 e. The molecule has 4 rings (SSSR count). The Hall–Kier alpha value is -2.73. The van der Waals surface area contributed by atoms with Gasteiger partial charge in [0.1, 0.15) is 5.82 Å². The summed E-state index contributed by atoms with van der Waals surface area (Å²) in [6, 6.07) is 9.84. The number of carbonyl (C=O) groups is 1. The van der Waals surface area contributed by atoms with Crippen LogP contribution in [0.4, 0.5) is 5.82 Å². The summed E-state index contributed by atoms with van der Waals surface area (Å²) in [7, 11) is 0. The minimum Gasteiger partial charge on any atom is -0.392 e. The molecule has 2 fully saturated rings. The van der Waals surface area contributed by atoms with Gasteiger partial charge in [0.05, 0.1) is 11.8 Å². The number of aliphatic hydroxyl groups is 1. The molecule has 6 heteroatoms. The first-order chi connectivity index (χ1) is 14.1. The molecule has 1 amide bonds. The Bertz CT molecular complexity index is 885. The summed E-state index contributed by atoms with van der Waals surface area (Å²) < 4.78 is 0. The molecule has 29 heavy (non-hydrogen) atoms. The van der Waals surface area contributed by atoms with Crippen LogP contribution < -0.4 is 4.90 Å². The van der Waals surface area contributed by atoms with Gasteiger partial charge in [0.25, 0.3) is 0 Å². The molecule has 2 atom stereocenters. The quantitative estimate of drug-likeness (QED) is 0.814. The number of benzene rings is 1. The number of aliphatic hydroxyl groups excluding tert-OH is 1. The number of piperidine rings is 2. The van der Waals surface area contributed by atoms with Crippen molar-refractivity contribution in [1.82, 2.24) is 14.9 Å². The van der Waals surface area contributed by atoms with E-state index in [0.717, 1.165) is 43.0 Å². The fraction of sp³-hybridized carbons (Fsp3) is 0.435. The number of nitrogens with zero attached hydrogens (tertiary/aromatic N) is 4. The molecule has 1 spiro atoms. The Labute approximate surface area is 171 Å². The number of rotatable bonds is 3. The van der Waals surface area contributed by atoms with Crippen LogP contribution in [0.25, 0.3) is 6.08 Å². The van der Waals surface area contributed by atoms with E-state index in [1.54, 1.807) is 18.5 Å². The first kappa shape index (κ1) is 19.6. The number of anilines is 1. The normalized spacial score (nSPS) is 25.0. The lowest BCUT2D eigenvalue weighted by molar-refractivity contribution is -0.132. The highest BCUT2D eigenvalue weighted by atomic mass is 16.3. The van der Waals surface area contributed by atoms with Gasteiger partial charge in [-0.05, 0) is 37.8 Å². The summed E-state index contributed by atoms with van der Waals surface area (Å²) in [6.45, 7) is 4.72. The Morgan fingerprint density at radius 2 is 1.97 bits per heavy atom. The second-order valence-corrected chi connectivity index (χ2v) is 8.16. The van der Waals surface area contributed by atoms with Crippen LogP contribution in [0.1, 0.15) is 30.5 Å². The van der Waals surface area contributed by atoms with E-state index in [9.17, 15) is 9.90 Å². The number of hydrogen-bond acceptors (Lipinski definition) is 5. The van der Waals surface area contributed by atoms with Gasteiger partial charge < -0.3 is 14.9 Å².